The molecule has 39 heavy (non-hydrogen) atoms. The molecule has 2 aliphatic rings. The number of aromatic nitrogens is 1. The second-order valence-electron chi connectivity index (χ2n) is 10.3. The first-order valence-corrected chi connectivity index (χ1v) is 14.7. The number of methoxy groups -OCH3 is 1. The summed E-state index contributed by atoms with van der Waals surface area (Å²) in [6, 6.07) is 8.59. The Morgan fingerprint density at radius 2 is 1.97 bits per heavy atom. The molecule has 0 radical (unpaired) electrons. The number of ether oxygens (including phenoxy) is 2. The van der Waals surface area contributed by atoms with Gasteiger partial charge in [0.25, 0.3) is 5.56 Å². The quantitative estimate of drug-likeness (QED) is 0.372. The van der Waals surface area contributed by atoms with Crippen LogP contribution in [0.25, 0.3) is 6.08 Å². The monoisotopic (exact) mass is 613 g/mol. The Kier molecular flexibility index (Phi) is 7.87. The van der Waals surface area contributed by atoms with Crippen molar-refractivity contribution in [1.82, 2.24) is 4.57 Å². The molecule has 4 heterocycles. The lowest BCUT2D eigenvalue weighted by atomic mass is 9.95. The van der Waals surface area contributed by atoms with Gasteiger partial charge < -0.3 is 18.8 Å². The Morgan fingerprint density at radius 3 is 2.67 bits per heavy atom. The minimum absolute atomic E-state index is 0.266. The molecule has 1 atom stereocenters. The van der Waals surface area contributed by atoms with E-state index in [9.17, 15) is 9.59 Å². The van der Waals surface area contributed by atoms with E-state index in [1.165, 1.54) is 11.3 Å². The molecule has 0 bridgehead atoms. The van der Waals surface area contributed by atoms with Crippen LogP contribution >= 0.6 is 27.3 Å². The second kappa shape index (κ2) is 11.2. The van der Waals surface area contributed by atoms with E-state index in [2.05, 4.69) is 32.7 Å². The molecule has 8 nitrogen and oxygen atoms in total. The van der Waals surface area contributed by atoms with Crippen LogP contribution in [0.15, 0.2) is 60.3 Å². The highest BCUT2D eigenvalue weighted by molar-refractivity contribution is 9.10. The molecule has 0 spiro atoms. The standard InChI is InChI=1S/C29H32BrN3O5S/c1-16(2)37-28(35)25-18(4)31-29-33(26(25)21-14-19(30)6-8-22(21)36-5)27(34)23(39-29)15-20-7-9-24(38-20)32-12-10-17(3)11-13-32/h6-9,14-17,26H,10-13H2,1-5H3/b23-15-/t26-/m1/s1. The highest BCUT2D eigenvalue weighted by Crippen LogP contribution is 2.37. The van der Waals surface area contributed by atoms with Crippen molar-refractivity contribution in [2.75, 3.05) is 25.1 Å². The number of fused-ring (bicyclic) bond motifs is 1. The first-order valence-electron chi connectivity index (χ1n) is 13.1. The van der Waals surface area contributed by atoms with Gasteiger partial charge in [-0.25, -0.2) is 9.79 Å². The first kappa shape index (κ1) is 27.5. The summed E-state index contributed by atoms with van der Waals surface area (Å²) < 4.78 is 20.2. The minimum atomic E-state index is -0.774. The van der Waals surface area contributed by atoms with E-state index in [1.807, 2.05) is 30.3 Å². The van der Waals surface area contributed by atoms with Crippen LogP contribution in [0.1, 0.15) is 57.9 Å². The molecule has 1 saturated heterocycles. The Labute approximate surface area is 239 Å². The van der Waals surface area contributed by atoms with Gasteiger partial charge in [-0.15, -0.1) is 0 Å². The molecule has 5 rings (SSSR count). The van der Waals surface area contributed by atoms with Gasteiger partial charge in [0.1, 0.15) is 17.6 Å². The van der Waals surface area contributed by atoms with Crippen LogP contribution in [0.2, 0.25) is 0 Å². The number of carbonyl (C=O) groups is 1. The van der Waals surface area contributed by atoms with E-state index in [-0.39, 0.29) is 11.7 Å². The molecule has 0 unspecified atom stereocenters. The molecule has 2 aliphatic heterocycles. The van der Waals surface area contributed by atoms with Gasteiger partial charge in [0.05, 0.1) is 29.0 Å². The molecule has 206 valence electrons. The fourth-order valence-corrected chi connectivity index (χ4v) is 6.43. The third-order valence-electron chi connectivity index (χ3n) is 7.05. The molecular formula is C29H32BrN3O5S. The highest BCUT2D eigenvalue weighted by Gasteiger charge is 2.35. The van der Waals surface area contributed by atoms with Crippen molar-refractivity contribution in [3.05, 3.63) is 77.1 Å². The predicted molar refractivity (Wildman–Crippen MR) is 155 cm³/mol. The largest absolute Gasteiger partial charge is 0.496 e. The van der Waals surface area contributed by atoms with Crippen LogP contribution in [0.3, 0.4) is 0 Å². The molecular weight excluding hydrogens is 582 g/mol. The van der Waals surface area contributed by atoms with Crippen molar-refractivity contribution < 1.29 is 18.7 Å². The Morgan fingerprint density at radius 1 is 1.23 bits per heavy atom. The van der Waals surface area contributed by atoms with Gasteiger partial charge in [0, 0.05) is 35.3 Å². The summed E-state index contributed by atoms with van der Waals surface area (Å²) in [6.45, 7) is 9.54. The van der Waals surface area contributed by atoms with Crippen molar-refractivity contribution in [3.63, 3.8) is 0 Å². The van der Waals surface area contributed by atoms with Gasteiger partial charge in [-0.2, -0.15) is 0 Å². The number of esters is 1. The smallest absolute Gasteiger partial charge is 0.338 e. The molecule has 2 aromatic heterocycles. The summed E-state index contributed by atoms with van der Waals surface area (Å²) in [6.07, 6.45) is 3.69. The molecule has 0 N–H and O–H groups in total. The fourth-order valence-electron chi connectivity index (χ4n) is 5.02. The topological polar surface area (TPSA) is 86.3 Å². The maximum Gasteiger partial charge on any atom is 0.338 e. The summed E-state index contributed by atoms with van der Waals surface area (Å²) in [7, 11) is 1.57. The number of furan rings is 1. The van der Waals surface area contributed by atoms with Gasteiger partial charge in [-0.1, -0.05) is 34.2 Å². The lowest BCUT2D eigenvalue weighted by Crippen LogP contribution is -2.40. The molecule has 0 amide bonds. The normalized spacial score (nSPS) is 18.4. The summed E-state index contributed by atoms with van der Waals surface area (Å²) in [5, 5.41) is 0. The van der Waals surface area contributed by atoms with E-state index in [0.717, 1.165) is 42.2 Å². The van der Waals surface area contributed by atoms with Crippen LogP contribution in [-0.2, 0) is 9.53 Å². The zero-order valence-electron chi connectivity index (χ0n) is 22.7. The van der Waals surface area contributed by atoms with Crippen molar-refractivity contribution in [2.24, 2.45) is 10.9 Å². The Hall–Kier alpha value is -3.11. The fraction of sp³-hybridized carbons (Fsp3) is 0.414. The molecule has 1 aromatic carbocycles. The number of piperidine rings is 1. The van der Waals surface area contributed by atoms with Crippen molar-refractivity contribution in [2.45, 2.75) is 52.7 Å². The molecule has 10 heteroatoms. The number of anilines is 1. The molecule has 1 fully saturated rings. The van der Waals surface area contributed by atoms with Gasteiger partial charge in [0.15, 0.2) is 10.7 Å². The summed E-state index contributed by atoms with van der Waals surface area (Å²) >= 11 is 4.80. The lowest BCUT2D eigenvalue weighted by Gasteiger charge is -2.29. The average molecular weight is 615 g/mol. The number of allylic oxidation sites excluding steroid dienone is 1. The molecule has 0 saturated carbocycles. The molecule has 3 aromatic rings. The number of carbonyl (C=O) groups excluding carboxylic acids is 1. The first-order chi connectivity index (χ1) is 18.7. The number of nitrogens with zero attached hydrogens (tertiary/aromatic N) is 3. The number of halogens is 1. The summed E-state index contributed by atoms with van der Waals surface area (Å²) in [4.78, 5) is 34.7. The molecule has 0 aliphatic carbocycles. The van der Waals surface area contributed by atoms with E-state index < -0.39 is 12.0 Å². The van der Waals surface area contributed by atoms with Crippen LogP contribution in [0.4, 0.5) is 5.88 Å². The van der Waals surface area contributed by atoms with Crippen LogP contribution in [-0.4, -0.2) is 36.8 Å². The van der Waals surface area contributed by atoms with Crippen molar-refractivity contribution >= 4 is 45.2 Å². The second-order valence-corrected chi connectivity index (χ2v) is 12.2. The minimum Gasteiger partial charge on any atom is -0.496 e. The number of hydrogen-bond acceptors (Lipinski definition) is 8. The van der Waals surface area contributed by atoms with Crippen LogP contribution in [0, 0.1) is 5.92 Å². The van der Waals surface area contributed by atoms with Gasteiger partial charge in [-0.3, -0.25) is 9.36 Å². The van der Waals surface area contributed by atoms with Crippen LogP contribution in [0.5, 0.6) is 5.75 Å². The van der Waals surface area contributed by atoms with E-state index in [4.69, 9.17) is 13.9 Å². The SMILES string of the molecule is COc1ccc(Br)cc1[C@@H]1C(C(=O)OC(C)C)=C(C)N=c2s/c(=C\c3ccc(N4CCC(C)CC4)o3)c(=O)n21. The average Bonchev–Trinajstić information content (AvgIpc) is 3.47. The van der Waals surface area contributed by atoms with Gasteiger partial charge in [-0.05, 0) is 63.8 Å². The number of hydrogen-bond donors (Lipinski definition) is 0. The highest BCUT2D eigenvalue weighted by atomic mass is 79.9. The van der Waals surface area contributed by atoms with Crippen molar-refractivity contribution in [1.29, 1.82) is 0 Å². The zero-order chi connectivity index (χ0) is 27.8. The maximum atomic E-state index is 13.9. The number of rotatable bonds is 6. The summed E-state index contributed by atoms with van der Waals surface area (Å²) in [5.74, 6) is 2.17. The maximum absolute atomic E-state index is 13.9. The van der Waals surface area contributed by atoms with E-state index in [0.29, 0.717) is 37.7 Å². The summed E-state index contributed by atoms with van der Waals surface area (Å²) in [5.41, 5.74) is 1.20. The Balaban J connectivity index is 1.62. The number of benzene rings is 1. The van der Waals surface area contributed by atoms with E-state index in [1.54, 1.807) is 38.5 Å². The Bertz CT molecular complexity index is 1610. The number of thiazole rings is 1. The van der Waals surface area contributed by atoms with Gasteiger partial charge in [0.2, 0.25) is 0 Å². The third kappa shape index (κ3) is 5.49. The predicted octanol–water partition coefficient (Wildman–Crippen LogP) is 4.79. The third-order valence-corrected chi connectivity index (χ3v) is 8.53. The lowest BCUT2D eigenvalue weighted by molar-refractivity contribution is -0.143. The van der Waals surface area contributed by atoms with Crippen molar-refractivity contribution in [3.8, 4) is 5.75 Å². The van der Waals surface area contributed by atoms with Gasteiger partial charge >= 0.3 is 5.97 Å². The van der Waals surface area contributed by atoms with Crippen LogP contribution < -0.4 is 24.5 Å². The zero-order valence-corrected chi connectivity index (χ0v) is 25.1. The van der Waals surface area contributed by atoms with E-state index >= 15 is 0 Å².